The van der Waals surface area contributed by atoms with Gasteiger partial charge < -0.3 is 9.84 Å². The largest absolute Gasteiger partial charge is 0.497 e. The summed E-state index contributed by atoms with van der Waals surface area (Å²) < 4.78 is 267. The lowest BCUT2D eigenvalue weighted by molar-refractivity contribution is -0.134. The highest BCUT2D eigenvalue weighted by molar-refractivity contribution is 7.92. The molecule has 10 heterocycles. The summed E-state index contributed by atoms with van der Waals surface area (Å²) in [7, 11) is -31.6. The van der Waals surface area contributed by atoms with Crippen LogP contribution >= 0.6 is 0 Å². The number of para-hydroxylation sites is 1. The molecule has 14 rings (SSSR count). The van der Waals surface area contributed by atoms with Gasteiger partial charge in [-0.1, -0.05) is 61.0 Å². The Labute approximate surface area is 902 Å². The van der Waals surface area contributed by atoms with Crippen LogP contribution in [0.3, 0.4) is 0 Å². The molecule has 0 radical (unpaired) electrons. The summed E-state index contributed by atoms with van der Waals surface area (Å²) in [5, 5.41) is 9.13. The van der Waals surface area contributed by atoms with Gasteiger partial charge in [-0.3, -0.25) is 31.6 Å². The van der Waals surface area contributed by atoms with Crippen molar-refractivity contribution in [2.24, 2.45) is 0 Å². The Morgan fingerprint density at radius 3 is 0.607 bits per heavy atom. The van der Waals surface area contributed by atoms with Gasteiger partial charge in [-0.25, -0.2) is 38.2 Å². The minimum Gasteiger partial charge on any atom is -0.497 e. The van der Waals surface area contributed by atoms with Gasteiger partial charge in [0.25, 0.3) is 5.91 Å². The molecule has 0 saturated carbocycles. The fourth-order valence-corrected chi connectivity index (χ4v) is 36.9. The maximum atomic E-state index is 12.5. The third kappa shape index (κ3) is 34.7. The van der Waals surface area contributed by atoms with E-state index in [0.29, 0.717) is 114 Å². The van der Waals surface area contributed by atoms with Crippen LogP contribution in [0.15, 0.2) is 103 Å². The summed E-state index contributed by atoms with van der Waals surface area (Å²) in [5.41, 5.74) is 1.40. The van der Waals surface area contributed by atoms with Crippen LogP contribution < -0.4 is 22.0 Å². The van der Waals surface area contributed by atoms with Crippen LogP contribution in [-0.4, -0.2) is 360 Å². The second-order valence-electron chi connectivity index (χ2n) is 47.3. The Bertz CT molecular complexity index is 6130. The number of nitrogens with zero attached hydrogens (tertiary/aromatic N) is 17. The summed E-state index contributed by atoms with van der Waals surface area (Å²) in [5.74, 6) is 0.0759. The van der Waals surface area contributed by atoms with Gasteiger partial charge in [0.05, 0.1) is 66.8 Å². The molecule has 10 fully saturated rings. The number of benzene rings is 4. The van der Waals surface area contributed by atoms with Crippen molar-refractivity contribution in [2.75, 3.05) is 153 Å². The van der Waals surface area contributed by atoms with E-state index in [2.05, 4.69) is 0 Å². The fraction of sp³-hybridized carbons (Fsp3) is 0.724. The van der Waals surface area contributed by atoms with E-state index in [1.165, 1.54) is 55.2 Å². The van der Waals surface area contributed by atoms with Crippen molar-refractivity contribution >= 4 is 142 Å². The molecule has 4 aromatic carbocycles. The molecule has 10 saturated heterocycles. The molecular weight excluding hydrogens is 2140 g/mol. The Hall–Kier alpha value is -6.65. The summed E-state index contributed by atoms with van der Waals surface area (Å²) >= 11 is 0. The molecule has 0 aromatic heterocycles. The number of methoxy groups -OCH3 is 1. The molecule has 1 unspecified atom stereocenters. The second-order valence-corrected chi connectivity index (χ2v) is 65.7. The number of amides is 3. The highest BCUT2D eigenvalue weighted by atomic mass is 32.3. The van der Waals surface area contributed by atoms with Crippen molar-refractivity contribution in [3.63, 3.8) is 0 Å². The molecule has 4 aromatic rings. The Balaban J connectivity index is 0.000000348. The summed E-state index contributed by atoms with van der Waals surface area (Å²) in [6, 6.07) is 31.5. The predicted octanol–water partition coefficient (Wildman–Crippen LogP) is 11.1. The van der Waals surface area contributed by atoms with Gasteiger partial charge in [-0.2, -0.15) is 102 Å². The zero-order valence-corrected chi connectivity index (χ0v) is 103. The highest BCUT2D eigenvalue weighted by Crippen LogP contribution is 2.39. The first-order valence-corrected chi connectivity index (χ1v) is 64.3. The van der Waals surface area contributed by atoms with Crippen molar-refractivity contribution in [3.05, 3.63) is 114 Å². The second kappa shape index (κ2) is 50.1. The van der Waals surface area contributed by atoms with E-state index in [1.807, 2.05) is 280 Å². The molecule has 150 heavy (non-hydrogen) atoms. The first-order chi connectivity index (χ1) is 67.0. The minimum atomic E-state index is -3.77. The van der Waals surface area contributed by atoms with Crippen LogP contribution in [0.4, 0.5) is 22.7 Å². The molecule has 864 valence electrons. The van der Waals surface area contributed by atoms with Crippen molar-refractivity contribution < 1.29 is 108 Å². The predicted molar refractivity (Wildman–Crippen MR) is 598 cm³/mol. The Morgan fingerprint density at radius 1 is 0.260 bits per heavy atom. The summed E-state index contributed by atoms with van der Waals surface area (Å²) in [4.78, 5) is 33.6. The molecule has 0 aliphatic carbocycles. The van der Waals surface area contributed by atoms with E-state index in [-0.39, 0.29) is 66.8 Å². The third-order valence-corrected chi connectivity index (χ3v) is 46.9. The molecule has 10 aliphatic heterocycles. The van der Waals surface area contributed by atoms with Gasteiger partial charge in [0.15, 0.2) is 0 Å². The van der Waals surface area contributed by atoms with Crippen LogP contribution in [0, 0.1) is 13.8 Å². The topological polar surface area (TPSA) is 477 Å². The quantitative estimate of drug-likeness (QED) is 0.187. The number of aliphatic hydroxyl groups excluding tert-OH is 1. The molecule has 1 atom stereocenters. The standard InChI is InChI=1S/C13H20N2O3S.2C13H20N2O2S.C12H18N2O2S.C9H18N2O4S.2C8H16N2O3S.3C7H15NO2S.CH4/c1-13(2,3)15-10-9-14(19(15,16)17)11-5-7-12(18-4)8-6-11;2*1-11-5-7-12(8-6-11)14-9-10-15(13(2,3)4)18(14,16)17;1-12(2,3)14-10-9-13(17(14,15)16)11-7-5-4-6-8-11;1-7(12)8(13)10-5-6-11(9(2,3)4)16(10,14)15;2*1-7(11)9-5-6-10(8(2,3)4)14(9,12)13;3*1-7(2,3)8-5-4-6-11(8,9)10;/h5-8H,9-10H2,1-4H3;2*5-8H,9-10H2,1-4H3;4-8H,9-10H2,1-3H3;7,12H,5-6H2,1-4H3;2*5-6H2,1-4H3;3*4-6H2,1-3H3;1H4. The monoisotopic (exact) mass is 2310 g/mol. The zero-order valence-electron chi connectivity index (χ0n) is 94.6. The number of carbonyl (C=O) groups excluding carboxylic acids is 3. The number of hydrogen-bond acceptors (Lipinski definition) is 25. The molecule has 0 bridgehead atoms. The average Bonchev–Trinajstić information content (AvgIpc) is 1.62. The first-order valence-electron chi connectivity index (χ1n) is 49.7. The molecule has 0 spiro atoms. The van der Waals surface area contributed by atoms with E-state index in [1.54, 1.807) is 78.0 Å². The van der Waals surface area contributed by atoms with Gasteiger partial charge in [0.2, 0.25) is 41.9 Å². The summed E-state index contributed by atoms with van der Waals surface area (Å²) in [6.07, 6.45) is 1.04. The molecule has 42 nitrogen and oxygen atoms in total. The lowest BCUT2D eigenvalue weighted by atomic mass is 10.1. The third-order valence-electron chi connectivity index (χ3n) is 24.6. The van der Waals surface area contributed by atoms with E-state index in [0.717, 1.165) is 60.4 Å². The fourth-order valence-electron chi connectivity index (χ4n) is 17.6. The lowest BCUT2D eigenvalue weighted by Crippen LogP contribution is -2.47. The maximum Gasteiger partial charge on any atom is 0.306 e. The van der Waals surface area contributed by atoms with Crippen molar-refractivity contribution in [2.45, 2.75) is 331 Å². The lowest BCUT2D eigenvalue weighted by Gasteiger charge is -2.30. The normalized spacial score (nSPS) is 22.1. The van der Waals surface area contributed by atoms with E-state index >= 15 is 0 Å². The van der Waals surface area contributed by atoms with Crippen molar-refractivity contribution in [3.8, 4) is 5.75 Å². The number of aliphatic hydroxyl groups is 1. The number of aryl methyl sites for hydroxylation is 2. The number of carbonyl (C=O) groups is 3. The van der Waals surface area contributed by atoms with Crippen LogP contribution in [0.2, 0.25) is 0 Å². The molecule has 3 amide bonds. The first kappa shape index (κ1) is 136. The van der Waals surface area contributed by atoms with Gasteiger partial charge in [0, 0.05) is 161 Å². The van der Waals surface area contributed by atoms with Crippen molar-refractivity contribution in [1.82, 2.24) is 56.0 Å². The SMILES string of the molecule is C.CC(=O)N1CCN(C(C)(C)C)S1(=O)=O.CC(=O)N1CCN(C(C)(C)C)S1(=O)=O.CC(C)(C)N1CCCS1(=O)=O.CC(C)(C)N1CCCS1(=O)=O.CC(C)(C)N1CCCS1(=O)=O.CC(C)(C)N1CCN(c2ccccc2)S1(=O)=O.CC(O)C(=O)N1CCN(C(C)(C)C)S1(=O)=O.COc1ccc(N2CCN(C(C)(C)C)S2(=O)=O)cc1.Cc1ccc(N2CCN(C(C)(C)C)S2(=O)=O)cc1.Cc1ccc(N2CCN(C(C)(C)C)S2(=O)=O)cc1. The summed E-state index contributed by atoms with van der Waals surface area (Å²) in [6.45, 7) is 72.1. The number of rotatable bonds is 6. The van der Waals surface area contributed by atoms with E-state index < -0.39 is 148 Å². The van der Waals surface area contributed by atoms with Crippen LogP contribution in [0.1, 0.15) is 266 Å². The molecule has 52 heteroatoms. The average molecular weight is 2310 g/mol. The van der Waals surface area contributed by atoms with Gasteiger partial charge in [-0.15, -0.1) is 0 Å². The molecule has 10 aliphatic rings. The number of anilines is 4. The van der Waals surface area contributed by atoms with Gasteiger partial charge >= 0.3 is 71.5 Å². The minimum absolute atomic E-state index is 0. The van der Waals surface area contributed by atoms with Crippen LogP contribution in [0.25, 0.3) is 0 Å². The number of ether oxygens (including phenoxy) is 1. The molecular formula is C98H177N17O25S10. The van der Waals surface area contributed by atoms with Gasteiger partial charge in [-0.05, 0) is 308 Å². The Morgan fingerprint density at radius 2 is 0.447 bits per heavy atom. The van der Waals surface area contributed by atoms with Crippen molar-refractivity contribution in [1.29, 1.82) is 0 Å². The van der Waals surface area contributed by atoms with Gasteiger partial charge in [0.1, 0.15) is 11.9 Å². The van der Waals surface area contributed by atoms with Crippen LogP contribution in [0.5, 0.6) is 5.75 Å². The number of hydrogen-bond donors (Lipinski definition) is 1. The van der Waals surface area contributed by atoms with E-state index in [9.17, 15) is 98.6 Å². The van der Waals surface area contributed by atoms with E-state index in [4.69, 9.17) is 9.84 Å². The smallest absolute Gasteiger partial charge is 0.306 e. The maximum absolute atomic E-state index is 12.5. The zero-order chi connectivity index (χ0) is 115. The Kier molecular flexibility index (Phi) is 45.3. The highest BCUT2D eigenvalue weighted by Gasteiger charge is 2.52. The van der Waals surface area contributed by atoms with Crippen LogP contribution in [-0.2, 0) is 116 Å². The number of sulfonamides is 3. The molecule has 1 N–H and O–H groups in total.